The Morgan fingerprint density at radius 2 is 1.79 bits per heavy atom. The number of carbonyl (C=O) groups excluding carboxylic acids is 1. The lowest BCUT2D eigenvalue weighted by Crippen LogP contribution is -2.40. The molecule has 0 bridgehead atoms. The molecule has 6 heteroatoms. The maximum atomic E-state index is 12.5. The van der Waals surface area contributed by atoms with E-state index in [0.717, 1.165) is 0 Å². The van der Waals surface area contributed by atoms with Crippen molar-refractivity contribution in [3.05, 3.63) is 72.8 Å². The van der Waals surface area contributed by atoms with Gasteiger partial charge in [-0.1, -0.05) is 36.4 Å². The van der Waals surface area contributed by atoms with E-state index in [1.165, 1.54) is 25.3 Å². The number of rotatable bonds is 8. The largest absolute Gasteiger partial charge is 0.497 e. The van der Waals surface area contributed by atoms with Gasteiger partial charge in [0.15, 0.2) is 5.78 Å². The zero-order valence-corrected chi connectivity index (χ0v) is 14.1. The molecule has 126 valence electrons. The van der Waals surface area contributed by atoms with Crippen LogP contribution in [-0.2, 0) is 10.0 Å². The number of benzene rings is 2. The summed E-state index contributed by atoms with van der Waals surface area (Å²) in [5.74, 6) is 0.254. The van der Waals surface area contributed by atoms with Crippen LogP contribution < -0.4 is 9.46 Å². The van der Waals surface area contributed by atoms with Gasteiger partial charge in [-0.05, 0) is 30.7 Å². The fourth-order valence-corrected chi connectivity index (χ4v) is 3.40. The van der Waals surface area contributed by atoms with E-state index in [1.807, 2.05) is 0 Å². The number of sulfonamides is 1. The summed E-state index contributed by atoms with van der Waals surface area (Å²) in [7, 11) is -2.33. The quantitative estimate of drug-likeness (QED) is 0.590. The van der Waals surface area contributed by atoms with E-state index >= 15 is 0 Å². The van der Waals surface area contributed by atoms with Gasteiger partial charge in [0.2, 0.25) is 10.0 Å². The van der Waals surface area contributed by atoms with Crippen LogP contribution in [-0.4, -0.2) is 27.4 Å². The van der Waals surface area contributed by atoms with Gasteiger partial charge in [-0.25, -0.2) is 8.42 Å². The molecule has 2 rings (SSSR count). The van der Waals surface area contributed by atoms with Crippen molar-refractivity contribution in [2.75, 3.05) is 7.11 Å². The molecule has 0 fully saturated rings. The van der Waals surface area contributed by atoms with Crippen LogP contribution in [0, 0.1) is 0 Å². The van der Waals surface area contributed by atoms with Crippen molar-refractivity contribution in [1.82, 2.24) is 4.72 Å². The minimum atomic E-state index is -3.83. The van der Waals surface area contributed by atoms with Gasteiger partial charge in [-0.15, -0.1) is 6.58 Å². The van der Waals surface area contributed by atoms with Crippen LogP contribution in [0.3, 0.4) is 0 Å². The Morgan fingerprint density at radius 3 is 2.33 bits per heavy atom. The Bertz CT molecular complexity index is 799. The molecular weight excluding hydrogens is 326 g/mol. The van der Waals surface area contributed by atoms with Crippen LogP contribution in [0.25, 0.3) is 0 Å². The second kappa shape index (κ2) is 7.90. The summed E-state index contributed by atoms with van der Waals surface area (Å²) in [5, 5.41) is 0. The van der Waals surface area contributed by atoms with Crippen molar-refractivity contribution in [3.8, 4) is 5.75 Å². The van der Waals surface area contributed by atoms with Crippen LogP contribution in [0.4, 0.5) is 0 Å². The van der Waals surface area contributed by atoms with Crippen LogP contribution in [0.2, 0.25) is 0 Å². The van der Waals surface area contributed by atoms with Crippen molar-refractivity contribution in [2.45, 2.75) is 17.4 Å². The Balaban J connectivity index is 2.25. The molecule has 0 aliphatic carbocycles. The third-order valence-corrected chi connectivity index (χ3v) is 4.93. The summed E-state index contributed by atoms with van der Waals surface area (Å²) < 4.78 is 32.5. The third kappa shape index (κ3) is 4.31. The van der Waals surface area contributed by atoms with E-state index in [9.17, 15) is 13.2 Å². The number of carbonyl (C=O) groups is 1. The first-order valence-corrected chi connectivity index (χ1v) is 8.83. The summed E-state index contributed by atoms with van der Waals surface area (Å²) in [6.07, 6.45) is 1.71. The molecular formula is C18H19NO4S. The first kappa shape index (κ1) is 17.9. The second-order valence-electron chi connectivity index (χ2n) is 5.10. The maximum Gasteiger partial charge on any atom is 0.241 e. The standard InChI is InChI=1S/C18H19NO4S/c1-3-7-17(18(20)14-8-5-4-6-9-14)19-24(21,22)16-12-10-15(23-2)11-13-16/h3-6,8-13,17,19H,1,7H2,2H3. The number of nitrogens with one attached hydrogen (secondary N) is 1. The van der Waals surface area contributed by atoms with Gasteiger partial charge in [0.25, 0.3) is 0 Å². The summed E-state index contributed by atoms with van der Waals surface area (Å²) in [5.41, 5.74) is 0.446. The lowest BCUT2D eigenvalue weighted by atomic mass is 10.0. The molecule has 0 saturated carbocycles. The van der Waals surface area contributed by atoms with E-state index in [2.05, 4.69) is 11.3 Å². The van der Waals surface area contributed by atoms with E-state index in [1.54, 1.807) is 42.5 Å². The maximum absolute atomic E-state index is 12.5. The molecule has 24 heavy (non-hydrogen) atoms. The van der Waals surface area contributed by atoms with E-state index < -0.39 is 16.1 Å². The highest BCUT2D eigenvalue weighted by Gasteiger charge is 2.25. The van der Waals surface area contributed by atoms with Gasteiger partial charge in [-0.3, -0.25) is 4.79 Å². The Kier molecular flexibility index (Phi) is 5.89. The predicted octanol–water partition coefficient (Wildman–Crippen LogP) is 2.80. The topological polar surface area (TPSA) is 72.5 Å². The summed E-state index contributed by atoms with van der Waals surface area (Å²) >= 11 is 0. The van der Waals surface area contributed by atoms with Crippen LogP contribution in [0.15, 0.2) is 72.1 Å². The Labute approximate surface area is 142 Å². The Morgan fingerprint density at radius 1 is 1.17 bits per heavy atom. The SMILES string of the molecule is C=CCC(NS(=O)(=O)c1ccc(OC)cc1)C(=O)c1ccccc1. The van der Waals surface area contributed by atoms with Crippen molar-refractivity contribution < 1.29 is 17.9 Å². The van der Waals surface area contributed by atoms with E-state index in [0.29, 0.717) is 11.3 Å². The average Bonchev–Trinajstić information content (AvgIpc) is 2.61. The molecule has 1 unspecified atom stereocenters. The molecule has 0 aromatic heterocycles. The predicted molar refractivity (Wildman–Crippen MR) is 92.7 cm³/mol. The fraction of sp³-hybridized carbons (Fsp3) is 0.167. The van der Waals surface area contributed by atoms with Crippen molar-refractivity contribution in [1.29, 1.82) is 0 Å². The molecule has 5 nitrogen and oxygen atoms in total. The number of ether oxygens (including phenoxy) is 1. The van der Waals surface area contributed by atoms with Crippen LogP contribution >= 0.6 is 0 Å². The average molecular weight is 345 g/mol. The van der Waals surface area contributed by atoms with Gasteiger partial charge in [0.05, 0.1) is 18.0 Å². The molecule has 2 aromatic rings. The first-order valence-electron chi connectivity index (χ1n) is 7.34. The van der Waals surface area contributed by atoms with Crippen LogP contribution in [0.1, 0.15) is 16.8 Å². The zero-order chi connectivity index (χ0) is 17.6. The smallest absolute Gasteiger partial charge is 0.241 e. The highest BCUT2D eigenvalue weighted by molar-refractivity contribution is 7.89. The van der Waals surface area contributed by atoms with Gasteiger partial charge < -0.3 is 4.74 Å². The number of methoxy groups -OCH3 is 1. The molecule has 0 saturated heterocycles. The lowest BCUT2D eigenvalue weighted by Gasteiger charge is -2.16. The molecule has 0 aliphatic heterocycles. The van der Waals surface area contributed by atoms with Gasteiger partial charge in [-0.2, -0.15) is 4.72 Å². The summed E-state index contributed by atoms with van der Waals surface area (Å²) in [4.78, 5) is 12.6. The van der Waals surface area contributed by atoms with Crippen molar-refractivity contribution >= 4 is 15.8 Å². The molecule has 0 radical (unpaired) electrons. The van der Waals surface area contributed by atoms with Gasteiger partial charge in [0.1, 0.15) is 5.75 Å². The first-order chi connectivity index (χ1) is 11.5. The zero-order valence-electron chi connectivity index (χ0n) is 13.3. The molecule has 1 N–H and O–H groups in total. The third-order valence-electron chi connectivity index (χ3n) is 3.44. The van der Waals surface area contributed by atoms with Crippen molar-refractivity contribution in [2.24, 2.45) is 0 Å². The molecule has 0 aliphatic rings. The van der Waals surface area contributed by atoms with Gasteiger partial charge in [0, 0.05) is 5.56 Å². The number of hydrogen-bond acceptors (Lipinski definition) is 4. The Hall–Kier alpha value is -2.44. The number of hydrogen-bond donors (Lipinski definition) is 1. The molecule has 1 atom stereocenters. The van der Waals surface area contributed by atoms with Crippen LogP contribution in [0.5, 0.6) is 5.75 Å². The monoisotopic (exact) mass is 345 g/mol. The molecule has 0 amide bonds. The van der Waals surface area contributed by atoms with E-state index in [4.69, 9.17) is 4.74 Å². The van der Waals surface area contributed by atoms with E-state index in [-0.39, 0.29) is 17.1 Å². The highest BCUT2D eigenvalue weighted by Crippen LogP contribution is 2.17. The number of ketones is 1. The fourth-order valence-electron chi connectivity index (χ4n) is 2.19. The minimum Gasteiger partial charge on any atom is -0.497 e. The highest BCUT2D eigenvalue weighted by atomic mass is 32.2. The second-order valence-corrected chi connectivity index (χ2v) is 6.82. The molecule has 0 spiro atoms. The molecule has 0 heterocycles. The van der Waals surface area contributed by atoms with Crippen molar-refractivity contribution in [3.63, 3.8) is 0 Å². The van der Waals surface area contributed by atoms with Gasteiger partial charge >= 0.3 is 0 Å². The lowest BCUT2D eigenvalue weighted by molar-refractivity contribution is 0.0954. The normalized spacial score (nSPS) is 12.4. The number of Topliss-reactive ketones (excluding diaryl/α,β-unsaturated/α-hetero) is 1. The molecule has 2 aromatic carbocycles. The minimum absolute atomic E-state index is 0.0678. The summed E-state index contributed by atoms with van der Waals surface area (Å²) in [6, 6.07) is 13.6. The summed E-state index contributed by atoms with van der Waals surface area (Å²) in [6.45, 7) is 3.60.